The van der Waals surface area contributed by atoms with Gasteiger partial charge < -0.3 is 11.1 Å². The highest BCUT2D eigenvalue weighted by molar-refractivity contribution is 5.56. The van der Waals surface area contributed by atoms with Gasteiger partial charge in [-0.25, -0.2) is 9.97 Å². The zero-order valence-electron chi connectivity index (χ0n) is 9.93. The predicted octanol–water partition coefficient (Wildman–Crippen LogP) is 1.34. The molecule has 2 heterocycles. The molecule has 2 aromatic heterocycles. The topological polar surface area (TPSA) is 68.8 Å². The van der Waals surface area contributed by atoms with Crippen molar-refractivity contribution in [1.29, 1.82) is 0 Å². The Morgan fingerprint density at radius 2 is 2.24 bits per heavy atom. The van der Waals surface area contributed by atoms with Crippen LogP contribution < -0.4 is 11.1 Å². The quantitative estimate of drug-likeness (QED) is 0.762. The van der Waals surface area contributed by atoms with Crippen LogP contribution >= 0.6 is 0 Å². The normalized spacial score (nSPS) is 10.5. The number of nitrogens with two attached hydrogens (primary N) is 1. The fourth-order valence-electron chi connectivity index (χ4n) is 1.65. The van der Waals surface area contributed by atoms with Crippen LogP contribution in [0.25, 0.3) is 5.82 Å². The van der Waals surface area contributed by atoms with E-state index in [0.717, 1.165) is 30.3 Å². The summed E-state index contributed by atoms with van der Waals surface area (Å²) in [4.78, 5) is 8.60. The zero-order chi connectivity index (χ0) is 12.1. The van der Waals surface area contributed by atoms with E-state index in [2.05, 4.69) is 15.3 Å². The maximum atomic E-state index is 5.48. The maximum Gasteiger partial charge on any atom is 0.161 e. The Morgan fingerprint density at radius 1 is 1.35 bits per heavy atom. The molecule has 0 amide bonds. The van der Waals surface area contributed by atoms with Crippen molar-refractivity contribution >= 4 is 5.69 Å². The minimum absolute atomic E-state index is 0.687. The van der Waals surface area contributed by atoms with Gasteiger partial charge in [-0.2, -0.15) is 0 Å². The Labute approximate surface area is 101 Å². The van der Waals surface area contributed by atoms with E-state index < -0.39 is 0 Å². The molecule has 0 aliphatic rings. The Bertz CT molecular complexity index is 477. The molecule has 0 aromatic carbocycles. The Hall–Kier alpha value is -1.88. The Balaban J connectivity index is 2.25. The fraction of sp³-hybridized carbons (Fsp3) is 0.333. The number of nitrogens with one attached hydrogen (secondary N) is 1. The SMILES string of the molecule is Cc1nccn1-c1ncccc1NCCCN. The van der Waals surface area contributed by atoms with Gasteiger partial charge in [0.05, 0.1) is 5.69 Å². The van der Waals surface area contributed by atoms with Crippen LogP contribution in [0.4, 0.5) is 5.69 Å². The first-order valence-electron chi connectivity index (χ1n) is 5.72. The number of imidazole rings is 1. The lowest BCUT2D eigenvalue weighted by Crippen LogP contribution is -2.11. The van der Waals surface area contributed by atoms with Crippen LogP contribution in [0.5, 0.6) is 0 Å². The number of anilines is 1. The third-order valence-corrected chi connectivity index (χ3v) is 2.54. The van der Waals surface area contributed by atoms with E-state index >= 15 is 0 Å². The van der Waals surface area contributed by atoms with E-state index in [1.165, 1.54) is 0 Å². The number of hydrogen-bond donors (Lipinski definition) is 2. The fourth-order valence-corrected chi connectivity index (χ4v) is 1.65. The minimum Gasteiger partial charge on any atom is -0.382 e. The number of pyridine rings is 1. The van der Waals surface area contributed by atoms with Crippen molar-refractivity contribution in [1.82, 2.24) is 14.5 Å². The monoisotopic (exact) mass is 231 g/mol. The molecule has 17 heavy (non-hydrogen) atoms. The molecule has 0 saturated heterocycles. The van der Waals surface area contributed by atoms with Gasteiger partial charge in [-0.05, 0) is 32.0 Å². The van der Waals surface area contributed by atoms with Gasteiger partial charge in [-0.15, -0.1) is 0 Å². The van der Waals surface area contributed by atoms with E-state index in [4.69, 9.17) is 5.73 Å². The summed E-state index contributed by atoms with van der Waals surface area (Å²) in [5.74, 6) is 1.80. The van der Waals surface area contributed by atoms with Gasteiger partial charge >= 0.3 is 0 Å². The molecule has 0 aliphatic carbocycles. The molecule has 0 saturated carbocycles. The highest BCUT2D eigenvalue weighted by Crippen LogP contribution is 2.18. The summed E-state index contributed by atoms with van der Waals surface area (Å²) >= 11 is 0. The zero-order valence-corrected chi connectivity index (χ0v) is 9.93. The minimum atomic E-state index is 0.687. The molecule has 0 atom stereocenters. The molecule has 2 aromatic rings. The van der Waals surface area contributed by atoms with Crippen molar-refractivity contribution in [2.24, 2.45) is 5.73 Å². The van der Waals surface area contributed by atoms with Gasteiger partial charge in [0.1, 0.15) is 5.82 Å². The maximum absolute atomic E-state index is 5.48. The molecular formula is C12H17N5. The molecular weight excluding hydrogens is 214 g/mol. The van der Waals surface area contributed by atoms with Crippen LogP contribution in [0.15, 0.2) is 30.7 Å². The van der Waals surface area contributed by atoms with Gasteiger partial charge in [0.25, 0.3) is 0 Å². The first kappa shape index (κ1) is 11.6. The van der Waals surface area contributed by atoms with Crippen molar-refractivity contribution in [2.75, 3.05) is 18.4 Å². The summed E-state index contributed by atoms with van der Waals surface area (Å²) < 4.78 is 1.96. The van der Waals surface area contributed by atoms with E-state index in [0.29, 0.717) is 6.54 Å². The average Bonchev–Trinajstić information content (AvgIpc) is 2.76. The van der Waals surface area contributed by atoms with Gasteiger partial charge in [0.2, 0.25) is 0 Å². The Morgan fingerprint density at radius 3 is 2.94 bits per heavy atom. The van der Waals surface area contributed by atoms with Gasteiger partial charge in [0, 0.05) is 25.1 Å². The molecule has 0 aliphatic heterocycles. The van der Waals surface area contributed by atoms with Crippen LogP contribution in [0, 0.1) is 6.92 Å². The third-order valence-electron chi connectivity index (χ3n) is 2.54. The highest BCUT2D eigenvalue weighted by atomic mass is 15.1. The molecule has 5 nitrogen and oxygen atoms in total. The van der Waals surface area contributed by atoms with Crippen molar-refractivity contribution in [3.05, 3.63) is 36.5 Å². The lowest BCUT2D eigenvalue weighted by molar-refractivity contribution is 0.866. The molecule has 0 spiro atoms. The number of aromatic nitrogens is 3. The number of rotatable bonds is 5. The smallest absolute Gasteiger partial charge is 0.161 e. The lowest BCUT2D eigenvalue weighted by atomic mass is 10.3. The van der Waals surface area contributed by atoms with Gasteiger partial charge in [-0.1, -0.05) is 0 Å². The molecule has 0 unspecified atom stereocenters. The molecule has 90 valence electrons. The highest BCUT2D eigenvalue weighted by Gasteiger charge is 2.06. The van der Waals surface area contributed by atoms with Crippen LogP contribution in [0.3, 0.4) is 0 Å². The van der Waals surface area contributed by atoms with E-state index in [1.807, 2.05) is 29.8 Å². The lowest BCUT2D eigenvalue weighted by Gasteiger charge is -2.12. The number of aryl methyl sites for hydroxylation is 1. The second-order valence-electron chi connectivity index (χ2n) is 3.79. The largest absolute Gasteiger partial charge is 0.382 e. The summed E-state index contributed by atoms with van der Waals surface area (Å²) in [7, 11) is 0. The summed E-state index contributed by atoms with van der Waals surface area (Å²) in [6.45, 7) is 3.49. The molecule has 0 bridgehead atoms. The summed E-state index contributed by atoms with van der Waals surface area (Å²) in [6, 6.07) is 3.93. The number of nitrogens with zero attached hydrogens (tertiary/aromatic N) is 3. The van der Waals surface area contributed by atoms with Crippen molar-refractivity contribution in [2.45, 2.75) is 13.3 Å². The van der Waals surface area contributed by atoms with E-state index in [-0.39, 0.29) is 0 Å². The van der Waals surface area contributed by atoms with E-state index in [9.17, 15) is 0 Å². The van der Waals surface area contributed by atoms with Crippen molar-refractivity contribution in [3.63, 3.8) is 0 Å². The van der Waals surface area contributed by atoms with Crippen molar-refractivity contribution in [3.8, 4) is 5.82 Å². The third kappa shape index (κ3) is 2.62. The molecule has 0 radical (unpaired) electrons. The van der Waals surface area contributed by atoms with Crippen LogP contribution in [0.1, 0.15) is 12.2 Å². The molecule has 3 N–H and O–H groups in total. The predicted molar refractivity (Wildman–Crippen MR) is 68.3 cm³/mol. The second kappa shape index (κ2) is 5.45. The first-order valence-corrected chi connectivity index (χ1v) is 5.72. The summed E-state index contributed by atoms with van der Waals surface area (Å²) in [5, 5.41) is 3.34. The van der Waals surface area contributed by atoms with Gasteiger partial charge in [0.15, 0.2) is 5.82 Å². The molecule has 5 heteroatoms. The van der Waals surface area contributed by atoms with Crippen LogP contribution in [-0.2, 0) is 0 Å². The van der Waals surface area contributed by atoms with Crippen LogP contribution in [0.2, 0.25) is 0 Å². The number of hydrogen-bond acceptors (Lipinski definition) is 4. The second-order valence-corrected chi connectivity index (χ2v) is 3.79. The van der Waals surface area contributed by atoms with Gasteiger partial charge in [-0.3, -0.25) is 4.57 Å². The molecule has 2 rings (SSSR count). The first-order chi connectivity index (χ1) is 8.33. The molecule has 0 fully saturated rings. The summed E-state index contributed by atoms with van der Waals surface area (Å²) in [5.41, 5.74) is 6.48. The van der Waals surface area contributed by atoms with Crippen LogP contribution in [-0.4, -0.2) is 27.6 Å². The standard InChI is InChI=1S/C12H17N5/c1-10-14-8-9-17(10)12-11(4-2-6-16-12)15-7-3-5-13/h2,4,6,8-9,15H,3,5,7,13H2,1H3. The van der Waals surface area contributed by atoms with E-state index in [1.54, 1.807) is 12.4 Å². The average molecular weight is 231 g/mol. The Kier molecular flexibility index (Phi) is 3.72. The summed E-state index contributed by atoms with van der Waals surface area (Å²) in [6.07, 6.45) is 6.40. The van der Waals surface area contributed by atoms with Crippen molar-refractivity contribution < 1.29 is 0 Å².